The first-order valence-electron chi connectivity index (χ1n) is 8.98. The van der Waals surface area contributed by atoms with E-state index in [9.17, 15) is 9.59 Å². The number of rotatable bonds is 7. The zero-order valence-electron chi connectivity index (χ0n) is 16.1. The third-order valence-electron chi connectivity index (χ3n) is 4.33. The number of allylic oxidation sites excluding steroid dienone is 1. The predicted octanol–water partition coefficient (Wildman–Crippen LogP) is 5.39. The summed E-state index contributed by atoms with van der Waals surface area (Å²) < 4.78 is 0. The Hall–Kier alpha value is -3.22. The molecule has 8 heteroatoms. The van der Waals surface area contributed by atoms with Gasteiger partial charge in [0.25, 0.3) is 5.91 Å². The lowest BCUT2D eigenvalue weighted by Gasteiger charge is -2.15. The van der Waals surface area contributed by atoms with Crippen LogP contribution in [0.3, 0.4) is 0 Å². The molecule has 0 saturated heterocycles. The normalized spacial score (nSPS) is 10.4. The number of hydrogen-bond donors (Lipinski definition) is 2. The lowest BCUT2D eigenvalue weighted by atomic mass is 10.1. The number of nitrogens with one attached hydrogen (secondary N) is 2. The topological polar surface area (TPSA) is 84.0 Å². The zero-order valence-corrected chi connectivity index (χ0v) is 17.6. The molecule has 3 rings (SSSR count). The minimum absolute atomic E-state index is 0.0253. The Labute approximate surface area is 184 Å². The number of hydrogen-bond acceptors (Lipinski definition) is 5. The van der Waals surface area contributed by atoms with Gasteiger partial charge in [-0.15, -0.1) is 0 Å². The Balaban J connectivity index is 1.94. The van der Waals surface area contributed by atoms with Crippen molar-refractivity contribution in [3.05, 3.63) is 88.3 Å². The first kappa shape index (κ1) is 21.5. The molecule has 0 fully saturated rings. The Kier molecular flexibility index (Phi) is 6.82. The smallest absolute Gasteiger partial charge is 0.261 e. The zero-order chi connectivity index (χ0) is 21.7. The molecule has 0 aliphatic heterocycles. The quantitative estimate of drug-likeness (QED) is 0.380. The van der Waals surface area contributed by atoms with Gasteiger partial charge in [-0.2, -0.15) is 4.98 Å². The van der Waals surface area contributed by atoms with Crippen molar-refractivity contribution in [1.29, 1.82) is 0 Å². The number of aryl methyl sites for hydroxylation is 1. The van der Waals surface area contributed by atoms with Crippen molar-refractivity contribution >= 4 is 52.1 Å². The molecule has 0 aliphatic rings. The molecule has 0 saturated carbocycles. The first-order chi connectivity index (χ1) is 14.4. The average molecular weight is 441 g/mol. The summed E-state index contributed by atoms with van der Waals surface area (Å²) in [5.74, 6) is -0.377. The van der Waals surface area contributed by atoms with Gasteiger partial charge in [0.05, 0.1) is 10.7 Å². The van der Waals surface area contributed by atoms with E-state index in [4.69, 9.17) is 23.2 Å². The fourth-order valence-corrected chi connectivity index (χ4v) is 3.18. The second kappa shape index (κ2) is 9.52. The molecular formula is C22H18Cl2N4O2. The molecule has 0 radical (unpaired) electrons. The number of anilines is 3. The van der Waals surface area contributed by atoms with Gasteiger partial charge in [-0.05, 0) is 47.9 Å². The van der Waals surface area contributed by atoms with Crippen molar-refractivity contribution in [3.8, 4) is 0 Å². The fourth-order valence-electron chi connectivity index (χ4n) is 2.78. The van der Waals surface area contributed by atoms with E-state index in [1.165, 1.54) is 12.3 Å². The van der Waals surface area contributed by atoms with Crippen LogP contribution in [0, 0.1) is 6.92 Å². The summed E-state index contributed by atoms with van der Waals surface area (Å²) in [6.45, 7) is 5.34. The van der Waals surface area contributed by atoms with Gasteiger partial charge in [-0.3, -0.25) is 9.59 Å². The second-order valence-corrected chi connectivity index (χ2v) is 7.16. The number of carbonyl (C=O) groups is 2. The molecule has 0 unspecified atom stereocenters. The molecule has 2 N–H and O–H groups in total. The number of nitrogens with zero attached hydrogens (tertiary/aromatic N) is 2. The summed E-state index contributed by atoms with van der Waals surface area (Å²) in [5, 5.41) is 6.28. The van der Waals surface area contributed by atoms with E-state index < -0.39 is 5.91 Å². The highest BCUT2D eigenvalue weighted by Gasteiger charge is 2.18. The molecule has 0 aliphatic carbocycles. The van der Waals surface area contributed by atoms with Gasteiger partial charge in [0.1, 0.15) is 11.4 Å². The number of halogens is 2. The molecular weight excluding hydrogens is 423 g/mol. The number of amides is 1. The van der Waals surface area contributed by atoms with Gasteiger partial charge in [0, 0.05) is 18.3 Å². The molecule has 1 aromatic heterocycles. The van der Waals surface area contributed by atoms with E-state index in [0.29, 0.717) is 16.4 Å². The van der Waals surface area contributed by atoms with Crippen molar-refractivity contribution in [1.82, 2.24) is 9.97 Å². The molecule has 30 heavy (non-hydrogen) atoms. The lowest BCUT2D eigenvalue weighted by molar-refractivity contribution is -0.114. The summed E-state index contributed by atoms with van der Waals surface area (Å²) in [7, 11) is 0. The third-order valence-corrected chi connectivity index (χ3v) is 4.82. The van der Waals surface area contributed by atoms with Gasteiger partial charge >= 0.3 is 0 Å². The van der Waals surface area contributed by atoms with E-state index >= 15 is 0 Å². The third kappa shape index (κ3) is 5.03. The van der Waals surface area contributed by atoms with Crippen LogP contribution in [0.15, 0.2) is 61.3 Å². The van der Waals surface area contributed by atoms with E-state index in [0.717, 1.165) is 11.1 Å². The molecule has 0 atom stereocenters. The molecule has 0 bridgehead atoms. The SMILES string of the molecule is C=CC(=O)Cc1ccccc1Nc1nc(Cl)ncc1C(=O)Nc1c(C)cccc1Cl. The summed E-state index contributed by atoms with van der Waals surface area (Å²) in [4.78, 5) is 32.8. The second-order valence-electron chi connectivity index (χ2n) is 6.42. The Morgan fingerprint density at radius 1 is 1.13 bits per heavy atom. The van der Waals surface area contributed by atoms with Crippen LogP contribution in [-0.4, -0.2) is 21.7 Å². The monoisotopic (exact) mass is 440 g/mol. The maximum atomic E-state index is 12.9. The lowest BCUT2D eigenvalue weighted by Crippen LogP contribution is -2.16. The van der Waals surface area contributed by atoms with Gasteiger partial charge in [-0.1, -0.05) is 48.5 Å². The van der Waals surface area contributed by atoms with Crippen molar-refractivity contribution in [2.24, 2.45) is 0 Å². The Bertz CT molecular complexity index is 1110. The number of para-hydroxylation sites is 2. The highest BCUT2D eigenvalue weighted by Crippen LogP contribution is 2.28. The van der Waals surface area contributed by atoms with Gasteiger partial charge in [0.15, 0.2) is 5.78 Å². The van der Waals surface area contributed by atoms with Crippen LogP contribution in [0.4, 0.5) is 17.2 Å². The Morgan fingerprint density at radius 3 is 2.63 bits per heavy atom. The molecule has 2 aromatic carbocycles. The molecule has 0 spiro atoms. The van der Waals surface area contributed by atoms with Crippen LogP contribution in [0.5, 0.6) is 0 Å². The molecule has 3 aromatic rings. The van der Waals surface area contributed by atoms with Gasteiger partial charge in [-0.25, -0.2) is 4.98 Å². The van der Waals surface area contributed by atoms with Gasteiger partial charge < -0.3 is 10.6 Å². The van der Waals surface area contributed by atoms with Crippen LogP contribution in [0.25, 0.3) is 0 Å². The largest absolute Gasteiger partial charge is 0.339 e. The minimum Gasteiger partial charge on any atom is -0.339 e. The fraction of sp³-hybridized carbons (Fsp3) is 0.0909. The van der Waals surface area contributed by atoms with E-state index in [-0.39, 0.29) is 28.9 Å². The predicted molar refractivity (Wildman–Crippen MR) is 120 cm³/mol. The van der Waals surface area contributed by atoms with Gasteiger partial charge in [0.2, 0.25) is 5.28 Å². The Morgan fingerprint density at radius 2 is 1.90 bits per heavy atom. The molecule has 152 valence electrons. The van der Waals surface area contributed by atoms with Crippen molar-refractivity contribution in [2.75, 3.05) is 10.6 Å². The molecule has 1 heterocycles. The standard InChI is InChI=1S/C22H18Cl2N4O2/c1-3-15(29)11-14-8-4-5-10-18(14)26-20-16(12-25-22(24)28-20)21(30)27-19-13(2)7-6-9-17(19)23/h3-10,12H,1,11H2,2H3,(H,27,30)(H,25,26,28). The summed E-state index contributed by atoms with van der Waals surface area (Å²) in [5.41, 5.74) is 2.83. The molecule has 1 amide bonds. The van der Waals surface area contributed by atoms with Crippen molar-refractivity contribution in [3.63, 3.8) is 0 Å². The van der Waals surface area contributed by atoms with E-state index in [1.54, 1.807) is 30.3 Å². The van der Waals surface area contributed by atoms with E-state index in [1.807, 2.05) is 19.1 Å². The van der Waals surface area contributed by atoms with Crippen LogP contribution in [0.2, 0.25) is 10.3 Å². The van der Waals surface area contributed by atoms with Crippen LogP contribution >= 0.6 is 23.2 Å². The summed E-state index contributed by atoms with van der Waals surface area (Å²) >= 11 is 12.2. The van der Waals surface area contributed by atoms with Crippen LogP contribution in [0.1, 0.15) is 21.5 Å². The van der Waals surface area contributed by atoms with Crippen LogP contribution in [-0.2, 0) is 11.2 Å². The van der Waals surface area contributed by atoms with E-state index in [2.05, 4.69) is 27.2 Å². The number of aromatic nitrogens is 2. The highest BCUT2D eigenvalue weighted by atomic mass is 35.5. The van der Waals surface area contributed by atoms with Crippen molar-refractivity contribution in [2.45, 2.75) is 13.3 Å². The maximum Gasteiger partial charge on any atom is 0.261 e. The number of carbonyl (C=O) groups excluding carboxylic acids is 2. The highest BCUT2D eigenvalue weighted by molar-refractivity contribution is 6.34. The number of ketones is 1. The average Bonchev–Trinajstić information content (AvgIpc) is 2.72. The first-order valence-corrected chi connectivity index (χ1v) is 9.74. The molecule has 6 nitrogen and oxygen atoms in total. The minimum atomic E-state index is -0.454. The maximum absolute atomic E-state index is 12.9. The van der Waals surface area contributed by atoms with Crippen LogP contribution < -0.4 is 10.6 Å². The number of benzene rings is 2. The summed E-state index contributed by atoms with van der Waals surface area (Å²) in [6.07, 6.45) is 2.76. The summed E-state index contributed by atoms with van der Waals surface area (Å²) in [6, 6.07) is 12.5. The van der Waals surface area contributed by atoms with Crippen molar-refractivity contribution < 1.29 is 9.59 Å².